The molecule has 0 N–H and O–H groups in total. The number of benzene rings is 4. The standard InChI is InChI=1S/C26H22BNO/c1-19-12-15-21(16-13-19)28-25-11-7-6-10-23(25)27(29-22-8-4-3-5-9-22)24-18-20(2)14-17-26(24)28/h3-18H,1-2H3. The van der Waals surface area contributed by atoms with E-state index in [9.17, 15) is 0 Å². The number of fused-ring (bicyclic) bond motifs is 2. The normalized spacial score (nSPS) is 12.3. The summed E-state index contributed by atoms with van der Waals surface area (Å²) in [4.78, 5) is 2.34. The quantitative estimate of drug-likeness (QED) is 0.452. The third-order valence-electron chi connectivity index (χ3n) is 5.46. The fraction of sp³-hybridized carbons (Fsp3) is 0.0769. The summed E-state index contributed by atoms with van der Waals surface area (Å²) in [6.45, 7) is 4.11. The number of rotatable bonds is 3. The second-order valence-corrected chi connectivity index (χ2v) is 7.60. The van der Waals surface area contributed by atoms with Gasteiger partial charge in [0.05, 0.1) is 5.75 Å². The van der Waals surface area contributed by atoms with Crippen molar-refractivity contribution in [3.05, 3.63) is 108 Å². The van der Waals surface area contributed by atoms with E-state index in [2.05, 4.69) is 85.5 Å². The Morgan fingerprint density at radius 1 is 0.621 bits per heavy atom. The smallest absolute Gasteiger partial charge is 0.430 e. The lowest BCUT2D eigenvalue weighted by molar-refractivity contribution is 0.591. The number of para-hydroxylation sites is 2. The Bertz CT molecular complexity index is 1150. The van der Waals surface area contributed by atoms with Crippen LogP contribution in [0.25, 0.3) is 0 Å². The van der Waals surface area contributed by atoms with Gasteiger partial charge in [-0.25, -0.2) is 0 Å². The maximum absolute atomic E-state index is 6.54. The van der Waals surface area contributed by atoms with Crippen molar-refractivity contribution in [3.8, 4) is 5.75 Å². The average Bonchev–Trinajstić information content (AvgIpc) is 2.75. The van der Waals surface area contributed by atoms with Crippen LogP contribution in [0, 0.1) is 13.8 Å². The van der Waals surface area contributed by atoms with Crippen LogP contribution in [0.2, 0.25) is 0 Å². The highest BCUT2D eigenvalue weighted by molar-refractivity contribution is 6.84. The van der Waals surface area contributed by atoms with Crippen LogP contribution in [0.1, 0.15) is 11.1 Å². The van der Waals surface area contributed by atoms with Gasteiger partial charge in [-0.3, -0.25) is 0 Å². The van der Waals surface area contributed by atoms with Crippen molar-refractivity contribution in [1.82, 2.24) is 0 Å². The summed E-state index contributed by atoms with van der Waals surface area (Å²) in [6, 6.07) is 34.0. The van der Waals surface area contributed by atoms with E-state index in [1.165, 1.54) is 27.7 Å². The first-order chi connectivity index (χ1) is 14.2. The van der Waals surface area contributed by atoms with Gasteiger partial charge in [-0.05, 0) is 61.2 Å². The molecule has 140 valence electrons. The molecular weight excluding hydrogens is 353 g/mol. The molecule has 3 heteroatoms. The molecule has 1 aliphatic heterocycles. The predicted octanol–water partition coefficient (Wildman–Crippen LogP) is 5.27. The lowest BCUT2D eigenvalue weighted by Crippen LogP contribution is -2.54. The van der Waals surface area contributed by atoms with Gasteiger partial charge in [0.25, 0.3) is 0 Å². The Labute approximate surface area is 172 Å². The second kappa shape index (κ2) is 7.18. The molecule has 0 saturated carbocycles. The zero-order valence-electron chi connectivity index (χ0n) is 16.7. The van der Waals surface area contributed by atoms with Crippen molar-refractivity contribution in [1.29, 1.82) is 0 Å². The van der Waals surface area contributed by atoms with Gasteiger partial charge in [0.2, 0.25) is 0 Å². The predicted molar refractivity (Wildman–Crippen MR) is 123 cm³/mol. The second-order valence-electron chi connectivity index (χ2n) is 7.60. The van der Waals surface area contributed by atoms with Crippen molar-refractivity contribution >= 4 is 34.9 Å². The first kappa shape index (κ1) is 17.6. The fourth-order valence-corrected chi connectivity index (χ4v) is 4.03. The first-order valence-electron chi connectivity index (χ1n) is 9.99. The van der Waals surface area contributed by atoms with Gasteiger partial charge in [-0.15, -0.1) is 0 Å². The molecule has 2 nitrogen and oxygen atoms in total. The van der Waals surface area contributed by atoms with Gasteiger partial charge in [0.15, 0.2) is 0 Å². The molecule has 4 aromatic rings. The van der Waals surface area contributed by atoms with Crippen LogP contribution in [-0.2, 0) is 0 Å². The summed E-state index contributed by atoms with van der Waals surface area (Å²) < 4.78 is 6.54. The molecule has 0 atom stereocenters. The van der Waals surface area contributed by atoms with Crippen molar-refractivity contribution < 1.29 is 4.65 Å². The zero-order chi connectivity index (χ0) is 19.8. The summed E-state index contributed by atoms with van der Waals surface area (Å²) in [7, 11) is 0. The monoisotopic (exact) mass is 375 g/mol. The third kappa shape index (κ3) is 3.19. The molecule has 0 spiro atoms. The van der Waals surface area contributed by atoms with Crippen molar-refractivity contribution in [2.24, 2.45) is 0 Å². The van der Waals surface area contributed by atoms with Crippen molar-refractivity contribution in [2.75, 3.05) is 4.90 Å². The molecule has 0 aliphatic carbocycles. The molecule has 0 bridgehead atoms. The number of hydrogen-bond acceptors (Lipinski definition) is 2. The van der Waals surface area contributed by atoms with Gasteiger partial charge < -0.3 is 9.55 Å². The Hall–Kier alpha value is -3.46. The van der Waals surface area contributed by atoms with Crippen molar-refractivity contribution in [2.45, 2.75) is 13.8 Å². The van der Waals surface area contributed by atoms with Crippen LogP contribution in [-0.4, -0.2) is 6.92 Å². The van der Waals surface area contributed by atoms with Crippen LogP contribution in [0.3, 0.4) is 0 Å². The molecule has 1 aliphatic rings. The summed E-state index contributed by atoms with van der Waals surface area (Å²) in [6.07, 6.45) is 0. The maximum Gasteiger partial charge on any atom is 0.430 e. The summed E-state index contributed by atoms with van der Waals surface area (Å²) >= 11 is 0. The zero-order valence-corrected chi connectivity index (χ0v) is 16.7. The molecule has 0 amide bonds. The first-order valence-corrected chi connectivity index (χ1v) is 9.99. The number of anilines is 3. The Morgan fingerprint density at radius 3 is 2.07 bits per heavy atom. The van der Waals surface area contributed by atoms with Crippen LogP contribution < -0.4 is 20.5 Å². The van der Waals surface area contributed by atoms with E-state index in [1.807, 2.05) is 30.3 Å². The largest absolute Gasteiger partial charge is 0.551 e. The minimum absolute atomic E-state index is 0.148. The van der Waals surface area contributed by atoms with Gasteiger partial charge in [0.1, 0.15) is 0 Å². The molecular formula is C26H22BNO. The molecule has 0 aromatic heterocycles. The molecule has 0 saturated heterocycles. The van der Waals surface area contributed by atoms with E-state index in [0.29, 0.717) is 0 Å². The Kier molecular flexibility index (Phi) is 4.36. The van der Waals surface area contributed by atoms with Crippen LogP contribution >= 0.6 is 0 Å². The SMILES string of the molecule is Cc1ccc(N2c3ccccc3B(Oc3ccccc3)c3cc(C)ccc32)cc1. The van der Waals surface area contributed by atoms with E-state index in [4.69, 9.17) is 4.65 Å². The van der Waals surface area contributed by atoms with Gasteiger partial charge in [-0.1, -0.05) is 71.8 Å². The highest BCUT2D eigenvalue weighted by atomic mass is 16.4. The number of hydrogen-bond donors (Lipinski definition) is 0. The molecule has 0 fully saturated rings. The lowest BCUT2D eigenvalue weighted by atomic mass is 9.52. The van der Waals surface area contributed by atoms with E-state index in [1.54, 1.807) is 0 Å². The summed E-state index contributed by atoms with van der Waals surface area (Å²) in [5.41, 5.74) is 8.34. The lowest BCUT2D eigenvalue weighted by Gasteiger charge is -2.36. The average molecular weight is 375 g/mol. The molecule has 4 aromatic carbocycles. The van der Waals surface area contributed by atoms with Gasteiger partial charge >= 0.3 is 6.92 Å². The van der Waals surface area contributed by atoms with E-state index in [-0.39, 0.29) is 6.92 Å². The van der Waals surface area contributed by atoms with E-state index < -0.39 is 0 Å². The number of nitrogens with zero attached hydrogens (tertiary/aromatic N) is 1. The van der Waals surface area contributed by atoms with Crippen LogP contribution in [0.4, 0.5) is 17.1 Å². The molecule has 0 unspecified atom stereocenters. The minimum atomic E-state index is -0.148. The highest BCUT2D eigenvalue weighted by Crippen LogP contribution is 2.36. The molecule has 0 radical (unpaired) electrons. The van der Waals surface area contributed by atoms with Crippen LogP contribution in [0.15, 0.2) is 97.1 Å². The Balaban J connectivity index is 1.71. The van der Waals surface area contributed by atoms with Gasteiger partial charge in [0, 0.05) is 17.1 Å². The topological polar surface area (TPSA) is 12.5 Å². The van der Waals surface area contributed by atoms with E-state index >= 15 is 0 Å². The number of aryl methyl sites for hydroxylation is 2. The minimum Gasteiger partial charge on any atom is -0.551 e. The van der Waals surface area contributed by atoms with Crippen LogP contribution in [0.5, 0.6) is 5.75 Å². The Morgan fingerprint density at radius 2 is 1.28 bits per heavy atom. The fourth-order valence-electron chi connectivity index (χ4n) is 4.03. The summed E-state index contributed by atoms with van der Waals surface area (Å²) in [5.74, 6) is 0.878. The summed E-state index contributed by atoms with van der Waals surface area (Å²) in [5, 5.41) is 0. The third-order valence-corrected chi connectivity index (χ3v) is 5.46. The van der Waals surface area contributed by atoms with Gasteiger partial charge in [-0.2, -0.15) is 0 Å². The highest BCUT2D eigenvalue weighted by Gasteiger charge is 2.37. The van der Waals surface area contributed by atoms with Crippen molar-refractivity contribution in [3.63, 3.8) is 0 Å². The molecule has 5 rings (SSSR count). The maximum atomic E-state index is 6.54. The molecule has 29 heavy (non-hydrogen) atoms. The molecule has 1 heterocycles. The van der Waals surface area contributed by atoms with E-state index in [0.717, 1.165) is 17.1 Å².